The Morgan fingerprint density at radius 2 is 1.85 bits per heavy atom. The van der Waals surface area contributed by atoms with Crippen LogP contribution in [0.4, 0.5) is 0 Å². The summed E-state index contributed by atoms with van der Waals surface area (Å²) < 4.78 is 5.51. The van der Waals surface area contributed by atoms with Gasteiger partial charge in [-0.25, -0.2) is 0 Å². The Kier molecular flexibility index (Phi) is 5.54. The number of benzene rings is 2. The number of rotatable bonds is 6. The maximum Gasteiger partial charge on any atom is 0.244 e. The molecule has 0 spiro atoms. The minimum absolute atomic E-state index is 0.0760. The zero-order valence-electron chi connectivity index (χ0n) is 15.6. The van der Waals surface area contributed by atoms with E-state index in [0.717, 1.165) is 36.4 Å². The number of hydrogen-bond acceptors (Lipinski definition) is 3. The lowest BCUT2D eigenvalue weighted by Gasteiger charge is -2.14. The SMILES string of the molecule is O=C(/C=C/c1ccc2c(c1)CCO2)NCc1ccc(CN2CCCC2)cc1. The average Bonchev–Trinajstić information content (AvgIpc) is 3.37. The van der Waals surface area contributed by atoms with Gasteiger partial charge in [-0.3, -0.25) is 9.69 Å². The van der Waals surface area contributed by atoms with Gasteiger partial charge in [-0.15, -0.1) is 0 Å². The summed E-state index contributed by atoms with van der Waals surface area (Å²) >= 11 is 0. The zero-order chi connectivity index (χ0) is 18.5. The van der Waals surface area contributed by atoms with Gasteiger partial charge in [0, 0.05) is 25.6 Å². The fourth-order valence-electron chi connectivity index (χ4n) is 3.69. The van der Waals surface area contributed by atoms with E-state index in [9.17, 15) is 4.79 Å². The zero-order valence-corrected chi connectivity index (χ0v) is 15.6. The van der Waals surface area contributed by atoms with Crippen LogP contribution in [0.25, 0.3) is 6.08 Å². The molecule has 0 radical (unpaired) electrons. The molecule has 2 aliphatic rings. The molecule has 2 heterocycles. The molecule has 1 saturated heterocycles. The van der Waals surface area contributed by atoms with Crippen molar-refractivity contribution in [2.24, 2.45) is 0 Å². The van der Waals surface area contributed by atoms with Gasteiger partial charge in [0.15, 0.2) is 0 Å². The fraction of sp³-hybridized carbons (Fsp3) is 0.348. The van der Waals surface area contributed by atoms with Crippen LogP contribution in [0.15, 0.2) is 48.5 Å². The average molecular weight is 362 g/mol. The van der Waals surface area contributed by atoms with Gasteiger partial charge in [0.25, 0.3) is 0 Å². The van der Waals surface area contributed by atoms with Crippen molar-refractivity contribution in [3.05, 3.63) is 70.8 Å². The first-order valence-corrected chi connectivity index (χ1v) is 9.78. The molecule has 0 atom stereocenters. The number of hydrogen-bond donors (Lipinski definition) is 1. The Bertz CT molecular complexity index is 821. The topological polar surface area (TPSA) is 41.6 Å². The lowest BCUT2D eigenvalue weighted by Crippen LogP contribution is -2.20. The van der Waals surface area contributed by atoms with Gasteiger partial charge in [0.1, 0.15) is 5.75 Å². The van der Waals surface area contributed by atoms with Gasteiger partial charge >= 0.3 is 0 Å². The smallest absolute Gasteiger partial charge is 0.244 e. The maximum atomic E-state index is 12.1. The second kappa shape index (κ2) is 8.40. The molecule has 0 aliphatic carbocycles. The number of ether oxygens (including phenoxy) is 1. The van der Waals surface area contributed by atoms with E-state index in [0.29, 0.717) is 6.54 Å². The third kappa shape index (κ3) is 4.77. The predicted molar refractivity (Wildman–Crippen MR) is 107 cm³/mol. The van der Waals surface area contributed by atoms with Crippen LogP contribution in [-0.4, -0.2) is 30.5 Å². The van der Waals surface area contributed by atoms with Crippen LogP contribution in [-0.2, 0) is 24.3 Å². The first kappa shape index (κ1) is 17.8. The minimum Gasteiger partial charge on any atom is -0.493 e. The number of carbonyl (C=O) groups excluding carboxylic acids is 1. The van der Waals surface area contributed by atoms with E-state index in [1.165, 1.54) is 37.1 Å². The molecule has 4 heteroatoms. The van der Waals surface area contributed by atoms with Crippen molar-refractivity contribution < 1.29 is 9.53 Å². The summed E-state index contributed by atoms with van der Waals surface area (Å²) in [6.45, 7) is 4.75. The Labute approximate surface area is 160 Å². The molecular weight excluding hydrogens is 336 g/mol. The summed E-state index contributed by atoms with van der Waals surface area (Å²) in [6.07, 6.45) is 7.02. The van der Waals surface area contributed by atoms with Crippen LogP contribution in [0.5, 0.6) is 5.75 Å². The largest absolute Gasteiger partial charge is 0.493 e. The van der Waals surface area contributed by atoms with Crippen LogP contribution in [0.2, 0.25) is 0 Å². The van der Waals surface area contributed by atoms with E-state index < -0.39 is 0 Å². The number of likely N-dealkylation sites (tertiary alicyclic amines) is 1. The third-order valence-corrected chi connectivity index (χ3v) is 5.24. The predicted octanol–water partition coefficient (Wildman–Crippen LogP) is 3.55. The molecule has 0 aromatic heterocycles. The van der Waals surface area contributed by atoms with E-state index in [4.69, 9.17) is 4.74 Å². The van der Waals surface area contributed by atoms with E-state index in [2.05, 4.69) is 40.5 Å². The number of fused-ring (bicyclic) bond motifs is 1. The van der Waals surface area contributed by atoms with Crippen LogP contribution < -0.4 is 10.1 Å². The van der Waals surface area contributed by atoms with Crippen molar-refractivity contribution in [1.29, 1.82) is 0 Å². The van der Waals surface area contributed by atoms with E-state index >= 15 is 0 Å². The molecule has 2 aliphatic heterocycles. The highest BCUT2D eigenvalue weighted by molar-refractivity contribution is 5.91. The van der Waals surface area contributed by atoms with Crippen molar-refractivity contribution in [3.63, 3.8) is 0 Å². The molecule has 1 fully saturated rings. The van der Waals surface area contributed by atoms with Gasteiger partial charge in [0.05, 0.1) is 6.61 Å². The molecule has 1 N–H and O–H groups in total. The molecule has 27 heavy (non-hydrogen) atoms. The number of nitrogens with zero attached hydrogens (tertiary/aromatic N) is 1. The summed E-state index contributed by atoms with van der Waals surface area (Å²) in [5.41, 5.74) is 4.70. The highest BCUT2D eigenvalue weighted by Crippen LogP contribution is 2.26. The maximum absolute atomic E-state index is 12.1. The Balaban J connectivity index is 1.26. The molecule has 4 nitrogen and oxygen atoms in total. The number of amides is 1. The monoisotopic (exact) mass is 362 g/mol. The molecule has 0 saturated carbocycles. The summed E-state index contributed by atoms with van der Waals surface area (Å²) in [4.78, 5) is 14.6. The number of carbonyl (C=O) groups is 1. The minimum atomic E-state index is -0.0760. The fourth-order valence-corrected chi connectivity index (χ4v) is 3.69. The normalized spacial score (nSPS) is 16.4. The van der Waals surface area contributed by atoms with Crippen molar-refractivity contribution in [2.75, 3.05) is 19.7 Å². The van der Waals surface area contributed by atoms with E-state index in [1.54, 1.807) is 6.08 Å². The summed E-state index contributed by atoms with van der Waals surface area (Å²) in [5, 5.41) is 2.95. The standard InChI is InChI=1S/C23H26N2O2/c26-23(10-8-18-7-9-22-21(15-18)11-14-27-22)24-16-19-3-5-20(6-4-19)17-25-12-1-2-13-25/h3-10,15H,1-2,11-14,16-17H2,(H,24,26)/b10-8+. The van der Waals surface area contributed by atoms with Gasteiger partial charge in [-0.2, -0.15) is 0 Å². The van der Waals surface area contributed by atoms with Crippen molar-refractivity contribution in [1.82, 2.24) is 10.2 Å². The Morgan fingerprint density at radius 1 is 1.07 bits per heavy atom. The first-order valence-electron chi connectivity index (χ1n) is 9.78. The molecule has 140 valence electrons. The summed E-state index contributed by atoms with van der Waals surface area (Å²) in [7, 11) is 0. The molecule has 2 aromatic carbocycles. The quantitative estimate of drug-likeness (QED) is 0.799. The number of nitrogens with one attached hydrogen (secondary N) is 1. The van der Waals surface area contributed by atoms with Gasteiger partial charge < -0.3 is 10.1 Å². The van der Waals surface area contributed by atoms with Gasteiger partial charge in [-0.1, -0.05) is 30.3 Å². The molecule has 1 amide bonds. The molecule has 4 rings (SSSR count). The van der Waals surface area contributed by atoms with Gasteiger partial charge in [0.2, 0.25) is 5.91 Å². The highest BCUT2D eigenvalue weighted by Gasteiger charge is 2.12. The molecular formula is C23H26N2O2. The lowest BCUT2D eigenvalue weighted by molar-refractivity contribution is -0.116. The summed E-state index contributed by atoms with van der Waals surface area (Å²) in [5.74, 6) is 0.887. The van der Waals surface area contributed by atoms with Crippen LogP contribution in [0.3, 0.4) is 0 Å². The van der Waals surface area contributed by atoms with Crippen LogP contribution >= 0.6 is 0 Å². The first-order chi connectivity index (χ1) is 13.3. The molecule has 0 unspecified atom stereocenters. The lowest BCUT2D eigenvalue weighted by atomic mass is 10.1. The molecule has 2 aromatic rings. The Morgan fingerprint density at radius 3 is 2.67 bits per heavy atom. The molecule has 0 bridgehead atoms. The van der Waals surface area contributed by atoms with Crippen LogP contribution in [0, 0.1) is 0 Å². The van der Waals surface area contributed by atoms with Gasteiger partial charge in [-0.05, 0) is 66.4 Å². The van der Waals surface area contributed by atoms with E-state index in [1.807, 2.05) is 18.2 Å². The second-order valence-electron chi connectivity index (χ2n) is 7.32. The van der Waals surface area contributed by atoms with Crippen LogP contribution in [0.1, 0.15) is 35.1 Å². The third-order valence-electron chi connectivity index (χ3n) is 5.24. The van der Waals surface area contributed by atoms with Crippen molar-refractivity contribution in [3.8, 4) is 5.75 Å². The summed E-state index contributed by atoms with van der Waals surface area (Å²) in [6, 6.07) is 14.6. The van der Waals surface area contributed by atoms with Crippen molar-refractivity contribution >= 4 is 12.0 Å². The van der Waals surface area contributed by atoms with E-state index in [-0.39, 0.29) is 5.91 Å². The Hall–Kier alpha value is -2.59. The second-order valence-corrected chi connectivity index (χ2v) is 7.32. The van der Waals surface area contributed by atoms with Crippen molar-refractivity contribution in [2.45, 2.75) is 32.4 Å². The highest BCUT2D eigenvalue weighted by atomic mass is 16.5.